The molecule has 0 saturated carbocycles. The van der Waals surface area contributed by atoms with E-state index in [4.69, 9.17) is 0 Å². The first-order chi connectivity index (χ1) is 11.9. The van der Waals surface area contributed by atoms with Crippen molar-refractivity contribution >= 4 is 15.7 Å². The molecule has 2 saturated heterocycles. The summed E-state index contributed by atoms with van der Waals surface area (Å²) < 4.78 is 27.2. The molecule has 1 aromatic carbocycles. The highest BCUT2D eigenvalue weighted by Gasteiger charge is 2.37. The number of nitriles is 1. The van der Waals surface area contributed by atoms with Gasteiger partial charge in [-0.3, -0.25) is 15.0 Å². The first-order valence-electron chi connectivity index (χ1n) is 8.07. The number of hydrogen-bond donors (Lipinski definition) is 1. The number of nitrogens with zero attached hydrogens (tertiary/aromatic N) is 4. The van der Waals surface area contributed by atoms with E-state index in [1.807, 2.05) is 0 Å². The average molecular weight is 365 g/mol. The number of sulfonamides is 1. The number of hydrogen-bond acceptors (Lipinski definition) is 7. The van der Waals surface area contributed by atoms with Gasteiger partial charge in [-0.25, -0.2) is 8.42 Å². The first kappa shape index (κ1) is 17.8. The molecule has 9 nitrogen and oxygen atoms in total. The SMILES string of the molecule is N#Cc1c([N+](=O)[O-])cccc1S(=O)(=O)N1CCC(N2CCNCC2)C1. The summed E-state index contributed by atoms with van der Waals surface area (Å²) in [7, 11) is -3.94. The van der Waals surface area contributed by atoms with Crippen molar-refractivity contribution in [3.63, 3.8) is 0 Å². The zero-order chi connectivity index (χ0) is 18.0. The van der Waals surface area contributed by atoms with Crippen LogP contribution in [-0.2, 0) is 10.0 Å². The van der Waals surface area contributed by atoms with Crippen LogP contribution in [0.3, 0.4) is 0 Å². The van der Waals surface area contributed by atoms with Crippen molar-refractivity contribution in [3.05, 3.63) is 33.9 Å². The van der Waals surface area contributed by atoms with Crippen LogP contribution in [-0.4, -0.2) is 67.9 Å². The molecule has 2 aliphatic heterocycles. The van der Waals surface area contributed by atoms with E-state index in [1.54, 1.807) is 6.07 Å². The van der Waals surface area contributed by atoms with E-state index in [-0.39, 0.29) is 10.9 Å². The van der Waals surface area contributed by atoms with Gasteiger partial charge in [0.2, 0.25) is 10.0 Å². The van der Waals surface area contributed by atoms with E-state index >= 15 is 0 Å². The lowest BCUT2D eigenvalue weighted by Gasteiger charge is -2.32. The van der Waals surface area contributed by atoms with Crippen LogP contribution in [0.4, 0.5) is 5.69 Å². The molecule has 2 fully saturated rings. The Kier molecular flexibility index (Phi) is 5.01. The van der Waals surface area contributed by atoms with Gasteiger partial charge >= 0.3 is 0 Å². The van der Waals surface area contributed by atoms with Gasteiger partial charge in [0.1, 0.15) is 16.5 Å². The van der Waals surface area contributed by atoms with Crippen LogP contribution in [0.25, 0.3) is 0 Å². The number of nitro groups is 1. The highest BCUT2D eigenvalue weighted by Crippen LogP contribution is 2.30. The summed E-state index contributed by atoms with van der Waals surface area (Å²) in [5.41, 5.74) is -0.889. The molecule has 1 N–H and O–H groups in total. The fourth-order valence-corrected chi connectivity index (χ4v) is 5.06. The Hall–Kier alpha value is -2.06. The Bertz CT molecular complexity index is 814. The van der Waals surface area contributed by atoms with Gasteiger partial charge in [0, 0.05) is 51.4 Å². The number of benzene rings is 1. The van der Waals surface area contributed by atoms with Gasteiger partial charge in [-0.1, -0.05) is 6.07 Å². The van der Waals surface area contributed by atoms with Crippen molar-refractivity contribution in [1.82, 2.24) is 14.5 Å². The molecule has 25 heavy (non-hydrogen) atoms. The van der Waals surface area contributed by atoms with Crippen LogP contribution in [0.2, 0.25) is 0 Å². The molecular weight excluding hydrogens is 346 g/mol. The molecule has 2 heterocycles. The van der Waals surface area contributed by atoms with Gasteiger partial charge in [-0.15, -0.1) is 0 Å². The van der Waals surface area contributed by atoms with Crippen molar-refractivity contribution in [2.24, 2.45) is 0 Å². The summed E-state index contributed by atoms with van der Waals surface area (Å²) in [5, 5.41) is 23.6. The largest absolute Gasteiger partial charge is 0.314 e. The molecule has 0 radical (unpaired) electrons. The normalized spacial score (nSPS) is 22.6. The Morgan fingerprint density at radius 2 is 2.00 bits per heavy atom. The quantitative estimate of drug-likeness (QED) is 0.595. The van der Waals surface area contributed by atoms with Crippen molar-refractivity contribution in [3.8, 4) is 6.07 Å². The Labute approximate surface area is 146 Å². The minimum atomic E-state index is -3.94. The number of nitrogens with one attached hydrogen (secondary N) is 1. The zero-order valence-corrected chi connectivity index (χ0v) is 14.4. The molecule has 1 atom stereocenters. The summed E-state index contributed by atoms with van der Waals surface area (Å²) in [6, 6.07) is 5.53. The van der Waals surface area contributed by atoms with E-state index in [0.717, 1.165) is 38.7 Å². The molecule has 134 valence electrons. The fourth-order valence-electron chi connectivity index (χ4n) is 3.41. The van der Waals surface area contributed by atoms with E-state index < -0.39 is 26.2 Å². The summed E-state index contributed by atoms with van der Waals surface area (Å²) in [4.78, 5) is 12.3. The van der Waals surface area contributed by atoms with Gasteiger partial charge in [0.25, 0.3) is 5.69 Å². The van der Waals surface area contributed by atoms with Crippen LogP contribution < -0.4 is 5.32 Å². The lowest BCUT2D eigenvalue weighted by atomic mass is 10.2. The van der Waals surface area contributed by atoms with Crippen LogP contribution >= 0.6 is 0 Å². The molecule has 0 aliphatic carbocycles. The highest BCUT2D eigenvalue weighted by molar-refractivity contribution is 7.89. The standard InChI is InChI=1S/C15H19N5O4S/c16-10-13-14(20(21)22)2-1-3-15(13)25(23,24)19-7-4-12(11-19)18-8-5-17-6-9-18/h1-3,12,17H,4-9,11H2. The average Bonchev–Trinajstić information content (AvgIpc) is 3.12. The van der Waals surface area contributed by atoms with E-state index in [1.165, 1.54) is 16.4 Å². The van der Waals surface area contributed by atoms with E-state index in [0.29, 0.717) is 13.1 Å². The smallest absolute Gasteiger partial charge is 0.288 e. The van der Waals surface area contributed by atoms with E-state index in [9.17, 15) is 23.8 Å². The van der Waals surface area contributed by atoms with Crippen molar-refractivity contribution < 1.29 is 13.3 Å². The molecular formula is C15H19N5O4S. The summed E-state index contributed by atoms with van der Waals surface area (Å²) in [6.07, 6.45) is 0.718. The molecule has 1 unspecified atom stereocenters. The monoisotopic (exact) mass is 365 g/mol. The zero-order valence-electron chi connectivity index (χ0n) is 13.6. The topological polar surface area (TPSA) is 120 Å². The minimum Gasteiger partial charge on any atom is -0.314 e. The first-order valence-corrected chi connectivity index (χ1v) is 9.51. The maximum absolute atomic E-state index is 12.9. The van der Waals surface area contributed by atoms with Gasteiger partial charge in [-0.05, 0) is 12.5 Å². The molecule has 3 rings (SSSR count). The highest BCUT2D eigenvalue weighted by atomic mass is 32.2. The summed E-state index contributed by atoms with van der Waals surface area (Å²) in [5.74, 6) is 0. The molecule has 10 heteroatoms. The molecule has 2 aliphatic rings. The molecule has 0 spiro atoms. The van der Waals surface area contributed by atoms with Crippen LogP contribution in [0.5, 0.6) is 0 Å². The molecule has 0 bridgehead atoms. The third-order valence-corrected chi connectivity index (χ3v) is 6.63. The third-order valence-electron chi connectivity index (χ3n) is 4.72. The predicted octanol–water partition coefficient (Wildman–Crippen LogP) is 0.135. The van der Waals surface area contributed by atoms with Crippen LogP contribution in [0.15, 0.2) is 23.1 Å². The second kappa shape index (κ2) is 7.05. The number of rotatable bonds is 4. The van der Waals surface area contributed by atoms with E-state index in [2.05, 4.69) is 10.2 Å². The molecule has 0 amide bonds. The summed E-state index contributed by atoms with van der Waals surface area (Å²) in [6.45, 7) is 4.21. The Balaban J connectivity index is 1.87. The van der Waals surface area contributed by atoms with Crippen molar-refractivity contribution in [2.75, 3.05) is 39.3 Å². The van der Waals surface area contributed by atoms with Gasteiger partial charge in [0.05, 0.1) is 4.92 Å². The minimum absolute atomic E-state index is 0.140. The maximum Gasteiger partial charge on any atom is 0.288 e. The second-order valence-electron chi connectivity index (χ2n) is 6.11. The fraction of sp³-hybridized carbons (Fsp3) is 0.533. The van der Waals surface area contributed by atoms with Gasteiger partial charge in [0.15, 0.2) is 0 Å². The van der Waals surface area contributed by atoms with Crippen LogP contribution in [0.1, 0.15) is 12.0 Å². The van der Waals surface area contributed by atoms with Gasteiger partial charge < -0.3 is 5.32 Å². The Morgan fingerprint density at radius 1 is 1.28 bits per heavy atom. The third kappa shape index (κ3) is 3.36. The lowest BCUT2D eigenvalue weighted by Crippen LogP contribution is -2.49. The second-order valence-corrected chi connectivity index (χ2v) is 8.02. The Morgan fingerprint density at radius 3 is 2.64 bits per heavy atom. The van der Waals surface area contributed by atoms with Crippen molar-refractivity contribution in [1.29, 1.82) is 5.26 Å². The molecule has 1 aromatic rings. The summed E-state index contributed by atoms with van der Waals surface area (Å²) >= 11 is 0. The van der Waals surface area contributed by atoms with Crippen molar-refractivity contribution in [2.45, 2.75) is 17.4 Å². The number of nitro benzene ring substituents is 1. The van der Waals surface area contributed by atoms with Gasteiger partial charge in [-0.2, -0.15) is 9.57 Å². The van der Waals surface area contributed by atoms with Crippen LogP contribution in [0, 0.1) is 21.4 Å². The number of piperazine rings is 1. The maximum atomic E-state index is 12.9. The predicted molar refractivity (Wildman–Crippen MR) is 89.4 cm³/mol. The molecule has 0 aromatic heterocycles. The lowest BCUT2D eigenvalue weighted by molar-refractivity contribution is -0.385.